The highest BCUT2D eigenvalue weighted by Crippen LogP contribution is 2.26. The van der Waals surface area contributed by atoms with Crippen molar-refractivity contribution >= 4 is 27.1 Å². The Kier molecular flexibility index (Phi) is 3.10. The summed E-state index contributed by atoms with van der Waals surface area (Å²) in [7, 11) is -3.18. The Morgan fingerprint density at radius 2 is 2.12 bits per heavy atom. The lowest BCUT2D eigenvalue weighted by Gasteiger charge is -2.29. The van der Waals surface area contributed by atoms with Crippen molar-refractivity contribution in [1.29, 1.82) is 0 Å². The summed E-state index contributed by atoms with van der Waals surface area (Å²) in [5.41, 5.74) is 0.677. The normalized spacial score (nSPS) is 16.9. The fraction of sp³-hybridized carbons (Fsp3) is 0.400. The number of rotatable bonds is 3. The molecule has 16 heavy (non-hydrogen) atoms. The molecule has 1 aromatic carbocycles. The van der Waals surface area contributed by atoms with Gasteiger partial charge in [0.25, 0.3) is 0 Å². The minimum absolute atomic E-state index is 0.284. The zero-order valence-corrected chi connectivity index (χ0v) is 10.4. The Morgan fingerprint density at radius 1 is 1.44 bits per heavy atom. The average Bonchev–Trinajstić information content (AvgIpc) is 2.11. The topological polar surface area (TPSA) is 58.2 Å². The Hall–Kier alpha value is -0.780. The van der Waals surface area contributed by atoms with Crippen LogP contribution in [0.15, 0.2) is 23.1 Å². The van der Waals surface area contributed by atoms with E-state index < -0.39 is 9.84 Å². The maximum atomic E-state index is 11.4. The molecule has 2 N–H and O–H groups in total. The van der Waals surface area contributed by atoms with Crippen LogP contribution in [0.5, 0.6) is 0 Å². The lowest BCUT2D eigenvalue weighted by Crippen LogP contribution is -2.51. The summed E-state index contributed by atoms with van der Waals surface area (Å²) in [6, 6.07) is 5.02. The Labute approximate surface area is 99.9 Å². The summed E-state index contributed by atoms with van der Waals surface area (Å²) < 4.78 is 22.8. The summed E-state index contributed by atoms with van der Waals surface area (Å²) in [5.74, 6) is 0. The highest BCUT2D eigenvalue weighted by molar-refractivity contribution is 7.90. The molecule has 1 fully saturated rings. The van der Waals surface area contributed by atoms with Gasteiger partial charge in [-0.1, -0.05) is 11.6 Å². The van der Waals surface area contributed by atoms with Gasteiger partial charge in [0.05, 0.1) is 21.6 Å². The third-order valence-corrected chi connectivity index (χ3v) is 3.95. The number of benzene rings is 1. The second-order valence-corrected chi connectivity index (χ2v) is 6.34. The van der Waals surface area contributed by atoms with Crippen LogP contribution in [-0.4, -0.2) is 33.8 Å². The zero-order chi connectivity index (χ0) is 11.8. The standard InChI is InChI=1S/C10H13ClN2O2S/c1-16(14,15)8-2-3-9(11)10(4-8)13-7-5-12-6-7/h2-4,7,12-13H,5-6H2,1H3. The van der Waals surface area contributed by atoms with E-state index in [9.17, 15) is 8.42 Å². The van der Waals surface area contributed by atoms with Crippen LogP contribution in [0.4, 0.5) is 5.69 Å². The Bertz CT molecular complexity index is 498. The molecule has 1 aliphatic heterocycles. The van der Waals surface area contributed by atoms with Crippen molar-refractivity contribution in [3.63, 3.8) is 0 Å². The second kappa shape index (κ2) is 4.24. The molecule has 0 saturated carbocycles. The van der Waals surface area contributed by atoms with E-state index in [1.54, 1.807) is 12.1 Å². The third kappa shape index (κ3) is 2.48. The number of hydrogen-bond acceptors (Lipinski definition) is 4. The van der Waals surface area contributed by atoms with Crippen LogP contribution in [0.3, 0.4) is 0 Å². The smallest absolute Gasteiger partial charge is 0.175 e. The number of hydrogen-bond donors (Lipinski definition) is 2. The minimum Gasteiger partial charge on any atom is -0.379 e. The van der Waals surface area contributed by atoms with Crippen molar-refractivity contribution in [3.8, 4) is 0 Å². The predicted octanol–water partition coefficient (Wildman–Crippen LogP) is 1.13. The van der Waals surface area contributed by atoms with Crippen LogP contribution in [0.2, 0.25) is 5.02 Å². The first-order valence-corrected chi connectivity index (χ1v) is 7.20. The van der Waals surface area contributed by atoms with E-state index >= 15 is 0 Å². The summed E-state index contributed by atoms with van der Waals surface area (Å²) in [6.07, 6.45) is 1.19. The molecule has 0 spiro atoms. The molecule has 0 amide bonds. The van der Waals surface area contributed by atoms with Crippen LogP contribution in [0, 0.1) is 0 Å². The molecule has 2 rings (SSSR count). The Morgan fingerprint density at radius 3 is 2.62 bits per heavy atom. The maximum absolute atomic E-state index is 11.4. The van der Waals surface area contributed by atoms with Gasteiger partial charge in [0.1, 0.15) is 0 Å². The lowest BCUT2D eigenvalue weighted by molar-refractivity contribution is 0.472. The van der Waals surface area contributed by atoms with Gasteiger partial charge in [-0.15, -0.1) is 0 Å². The highest BCUT2D eigenvalue weighted by atomic mass is 35.5. The number of halogens is 1. The molecule has 0 atom stereocenters. The van der Waals surface area contributed by atoms with Gasteiger partial charge >= 0.3 is 0 Å². The largest absolute Gasteiger partial charge is 0.379 e. The molecule has 1 aromatic rings. The molecular weight excluding hydrogens is 248 g/mol. The van der Waals surface area contributed by atoms with E-state index in [0.717, 1.165) is 13.1 Å². The van der Waals surface area contributed by atoms with Gasteiger partial charge in [-0.3, -0.25) is 0 Å². The summed E-state index contributed by atoms with van der Waals surface area (Å²) in [5, 5.41) is 6.86. The molecule has 1 aliphatic rings. The highest BCUT2D eigenvalue weighted by Gasteiger charge is 2.18. The first-order chi connectivity index (χ1) is 7.47. The van der Waals surface area contributed by atoms with Crippen molar-refractivity contribution < 1.29 is 8.42 Å². The van der Waals surface area contributed by atoms with E-state index in [2.05, 4.69) is 10.6 Å². The van der Waals surface area contributed by atoms with Crippen LogP contribution in [0.1, 0.15) is 0 Å². The van der Waals surface area contributed by atoms with Gasteiger partial charge in [-0.25, -0.2) is 8.42 Å². The zero-order valence-electron chi connectivity index (χ0n) is 8.83. The van der Waals surface area contributed by atoms with Crippen molar-refractivity contribution in [2.75, 3.05) is 24.7 Å². The number of anilines is 1. The molecule has 1 heterocycles. The van der Waals surface area contributed by atoms with Gasteiger partial charge in [-0.05, 0) is 18.2 Å². The SMILES string of the molecule is CS(=O)(=O)c1ccc(Cl)c(NC2CNC2)c1. The van der Waals surface area contributed by atoms with Crippen molar-refractivity contribution in [2.24, 2.45) is 0 Å². The first kappa shape index (κ1) is 11.7. The average molecular weight is 261 g/mol. The Balaban J connectivity index is 2.28. The summed E-state index contributed by atoms with van der Waals surface area (Å²) >= 11 is 5.99. The molecular formula is C10H13ClN2O2S. The van der Waals surface area contributed by atoms with Crippen molar-refractivity contribution in [2.45, 2.75) is 10.9 Å². The van der Waals surface area contributed by atoms with Crippen LogP contribution < -0.4 is 10.6 Å². The molecule has 0 radical (unpaired) electrons. The molecule has 4 nitrogen and oxygen atoms in total. The quantitative estimate of drug-likeness (QED) is 0.855. The summed E-state index contributed by atoms with van der Waals surface area (Å²) in [6.45, 7) is 1.75. The van der Waals surface area contributed by atoms with Gasteiger partial charge in [-0.2, -0.15) is 0 Å². The van der Waals surface area contributed by atoms with Gasteiger partial charge < -0.3 is 10.6 Å². The number of sulfone groups is 1. The third-order valence-electron chi connectivity index (χ3n) is 2.51. The van der Waals surface area contributed by atoms with Gasteiger partial charge in [0.15, 0.2) is 9.84 Å². The van der Waals surface area contributed by atoms with Gasteiger partial charge in [0.2, 0.25) is 0 Å². The monoisotopic (exact) mass is 260 g/mol. The van der Waals surface area contributed by atoms with Crippen LogP contribution in [-0.2, 0) is 9.84 Å². The van der Waals surface area contributed by atoms with E-state index in [1.165, 1.54) is 12.3 Å². The fourth-order valence-corrected chi connectivity index (χ4v) is 2.28. The van der Waals surface area contributed by atoms with Crippen molar-refractivity contribution in [1.82, 2.24) is 5.32 Å². The number of nitrogens with one attached hydrogen (secondary N) is 2. The van der Waals surface area contributed by atoms with Crippen molar-refractivity contribution in [3.05, 3.63) is 23.2 Å². The second-order valence-electron chi connectivity index (χ2n) is 3.91. The molecule has 0 aromatic heterocycles. The van der Waals surface area contributed by atoms with E-state index in [1.807, 2.05) is 0 Å². The maximum Gasteiger partial charge on any atom is 0.175 e. The molecule has 0 unspecified atom stereocenters. The van der Waals surface area contributed by atoms with Crippen LogP contribution >= 0.6 is 11.6 Å². The molecule has 1 saturated heterocycles. The van der Waals surface area contributed by atoms with E-state index in [-0.39, 0.29) is 4.90 Å². The fourth-order valence-electron chi connectivity index (χ4n) is 1.46. The van der Waals surface area contributed by atoms with Gasteiger partial charge in [0, 0.05) is 19.3 Å². The molecule has 0 aliphatic carbocycles. The van der Waals surface area contributed by atoms with E-state index in [4.69, 9.17) is 11.6 Å². The summed E-state index contributed by atoms with van der Waals surface area (Å²) in [4.78, 5) is 0.284. The minimum atomic E-state index is -3.18. The first-order valence-electron chi connectivity index (χ1n) is 4.94. The molecule has 0 bridgehead atoms. The lowest BCUT2D eigenvalue weighted by atomic mass is 10.1. The van der Waals surface area contributed by atoms with Crippen LogP contribution in [0.25, 0.3) is 0 Å². The van der Waals surface area contributed by atoms with E-state index in [0.29, 0.717) is 16.8 Å². The predicted molar refractivity (Wildman–Crippen MR) is 64.8 cm³/mol. The molecule has 88 valence electrons. The molecule has 6 heteroatoms.